The van der Waals surface area contributed by atoms with Crippen LogP contribution in [0.3, 0.4) is 0 Å². The smallest absolute Gasteiger partial charge is 0.329 e. The van der Waals surface area contributed by atoms with E-state index >= 15 is 0 Å². The fraction of sp³-hybridized carbons (Fsp3) is 0.375. The second kappa shape index (κ2) is 12.3. The largest absolute Gasteiger partial charge is 0.497 e. The molecule has 0 radical (unpaired) electrons. The summed E-state index contributed by atoms with van der Waals surface area (Å²) < 4.78 is 20.8. The van der Waals surface area contributed by atoms with Crippen LogP contribution in [0.15, 0.2) is 42.5 Å². The average Bonchev–Trinajstić information content (AvgIpc) is 2.81. The van der Waals surface area contributed by atoms with Crippen LogP contribution in [0.4, 0.5) is 5.69 Å². The summed E-state index contributed by atoms with van der Waals surface area (Å²) in [6.45, 7) is 5.42. The molecule has 2 rings (SSSR count). The summed E-state index contributed by atoms with van der Waals surface area (Å²) in [7, 11) is 2.99. The fourth-order valence-corrected chi connectivity index (χ4v) is 2.89. The number of amides is 2. The SMILES string of the molecule is CCOc1ccc(C(=O)NC(C(=O)OCC(=O)Nc2cc(OC)cc(OC)c2)C(C)C)cc1. The lowest BCUT2D eigenvalue weighted by Crippen LogP contribution is -2.45. The van der Waals surface area contributed by atoms with Gasteiger partial charge in [-0.1, -0.05) is 13.8 Å². The van der Waals surface area contributed by atoms with Gasteiger partial charge in [-0.2, -0.15) is 0 Å². The second-order valence-electron chi connectivity index (χ2n) is 7.41. The molecule has 178 valence electrons. The van der Waals surface area contributed by atoms with E-state index in [1.807, 2.05) is 6.92 Å². The van der Waals surface area contributed by atoms with Crippen LogP contribution in [0.1, 0.15) is 31.1 Å². The highest BCUT2D eigenvalue weighted by Gasteiger charge is 2.27. The maximum atomic E-state index is 12.6. The van der Waals surface area contributed by atoms with E-state index in [1.54, 1.807) is 56.3 Å². The molecule has 1 unspecified atom stereocenters. The van der Waals surface area contributed by atoms with Crippen molar-refractivity contribution in [3.63, 3.8) is 0 Å². The number of methoxy groups -OCH3 is 2. The van der Waals surface area contributed by atoms with Crippen molar-refractivity contribution in [2.75, 3.05) is 32.8 Å². The minimum absolute atomic E-state index is 0.255. The molecule has 9 heteroatoms. The van der Waals surface area contributed by atoms with Crippen LogP contribution in [0.5, 0.6) is 17.2 Å². The summed E-state index contributed by atoms with van der Waals surface area (Å²) in [6, 6.07) is 10.5. The Morgan fingerprint density at radius 2 is 1.52 bits per heavy atom. The molecule has 33 heavy (non-hydrogen) atoms. The van der Waals surface area contributed by atoms with Crippen LogP contribution < -0.4 is 24.8 Å². The van der Waals surface area contributed by atoms with Gasteiger partial charge < -0.3 is 29.6 Å². The number of ether oxygens (including phenoxy) is 4. The molecular formula is C24H30N2O7. The molecule has 0 aromatic heterocycles. The lowest BCUT2D eigenvalue weighted by molar-refractivity contribution is -0.150. The highest BCUT2D eigenvalue weighted by molar-refractivity contribution is 5.97. The van der Waals surface area contributed by atoms with E-state index in [1.165, 1.54) is 14.2 Å². The van der Waals surface area contributed by atoms with E-state index in [4.69, 9.17) is 18.9 Å². The minimum atomic E-state index is -0.922. The first-order valence-corrected chi connectivity index (χ1v) is 10.5. The van der Waals surface area contributed by atoms with Crippen LogP contribution in [0.25, 0.3) is 0 Å². The first kappa shape index (κ1) is 25.5. The molecule has 0 aliphatic carbocycles. The van der Waals surface area contributed by atoms with E-state index in [9.17, 15) is 14.4 Å². The van der Waals surface area contributed by atoms with Gasteiger partial charge in [-0.25, -0.2) is 4.79 Å². The molecule has 0 spiro atoms. The molecule has 2 aromatic rings. The summed E-state index contributed by atoms with van der Waals surface area (Å²) in [5.74, 6) is -0.288. The summed E-state index contributed by atoms with van der Waals surface area (Å²) in [5, 5.41) is 5.29. The normalized spacial score (nSPS) is 11.3. The van der Waals surface area contributed by atoms with Gasteiger partial charge in [0, 0.05) is 29.4 Å². The molecule has 0 aliphatic heterocycles. The third kappa shape index (κ3) is 7.71. The lowest BCUT2D eigenvalue weighted by atomic mass is 10.0. The van der Waals surface area contributed by atoms with Gasteiger partial charge in [-0.3, -0.25) is 9.59 Å². The lowest BCUT2D eigenvalue weighted by Gasteiger charge is -2.21. The summed E-state index contributed by atoms with van der Waals surface area (Å²) >= 11 is 0. The number of hydrogen-bond acceptors (Lipinski definition) is 7. The standard InChI is InChI=1S/C24H30N2O7/c1-6-32-18-9-7-16(8-10-18)23(28)26-22(15(2)3)24(29)33-14-21(27)25-17-11-19(30-4)13-20(12-17)31-5/h7-13,15,22H,6,14H2,1-5H3,(H,25,27)(H,26,28). The van der Waals surface area contributed by atoms with Gasteiger partial charge in [0.05, 0.1) is 20.8 Å². The van der Waals surface area contributed by atoms with Gasteiger partial charge in [0.1, 0.15) is 23.3 Å². The van der Waals surface area contributed by atoms with Crippen molar-refractivity contribution >= 4 is 23.5 Å². The molecular weight excluding hydrogens is 428 g/mol. The fourth-order valence-electron chi connectivity index (χ4n) is 2.89. The Labute approximate surface area is 193 Å². The van der Waals surface area contributed by atoms with Crippen LogP contribution in [0, 0.1) is 5.92 Å². The predicted octanol–water partition coefficient (Wildman–Crippen LogP) is 3.04. The number of rotatable bonds is 11. The zero-order valence-corrected chi connectivity index (χ0v) is 19.5. The number of carbonyl (C=O) groups excluding carboxylic acids is 3. The quantitative estimate of drug-likeness (QED) is 0.498. The second-order valence-corrected chi connectivity index (χ2v) is 7.41. The van der Waals surface area contributed by atoms with Crippen LogP contribution in [-0.2, 0) is 14.3 Å². The Bertz CT molecular complexity index is 936. The Morgan fingerprint density at radius 1 is 0.909 bits per heavy atom. The highest BCUT2D eigenvalue weighted by Crippen LogP contribution is 2.25. The molecule has 0 bridgehead atoms. The molecule has 2 N–H and O–H groups in total. The van der Waals surface area contributed by atoms with Crippen LogP contribution in [-0.4, -0.2) is 51.3 Å². The number of hydrogen-bond donors (Lipinski definition) is 2. The summed E-state index contributed by atoms with van der Waals surface area (Å²) in [6.07, 6.45) is 0. The van der Waals surface area contributed by atoms with Crippen molar-refractivity contribution in [1.29, 1.82) is 0 Å². The van der Waals surface area contributed by atoms with Gasteiger partial charge in [-0.15, -0.1) is 0 Å². The number of anilines is 1. The molecule has 0 heterocycles. The summed E-state index contributed by atoms with van der Waals surface area (Å²) in [4.78, 5) is 37.4. The first-order chi connectivity index (χ1) is 15.8. The third-order valence-corrected chi connectivity index (χ3v) is 4.62. The maximum Gasteiger partial charge on any atom is 0.329 e. The van der Waals surface area contributed by atoms with E-state index in [0.29, 0.717) is 35.1 Å². The molecule has 1 atom stereocenters. The maximum absolute atomic E-state index is 12.6. The Morgan fingerprint density at radius 3 is 2.03 bits per heavy atom. The molecule has 2 aromatic carbocycles. The molecule has 0 saturated carbocycles. The van der Waals surface area contributed by atoms with Gasteiger partial charge in [0.2, 0.25) is 0 Å². The molecule has 2 amide bonds. The van der Waals surface area contributed by atoms with Gasteiger partial charge in [0.15, 0.2) is 6.61 Å². The van der Waals surface area contributed by atoms with E-state index in [0.717, 1.165) is 0 Å². The summed E-state index contributed by atoms with van der Waals surface area (Å²) in [5.41, 5.74) is 0.804. The Kier molecular flexibility index (Phi) is 9.53. The zero-order chi connectivity index (χ0) is 24.4. The van der Waals surface area contributed by atoms with Crippen molar-refractivity contribution in [2.45, 2.75) is 26.8 Å². The van der Waals surface area contributed by atoms with Gasteiger partial charge in [0.25, 0.3) is 11.8 Å². The van der Waals surface area contributed by atoms with Crippen molar-refractivity contribution in [3.8, 4) is 17.2 Å². The zero-order valence-electron chi connectivity index (χ0n) is 19.5. The first-order valence-electron chi connectivity index (χ1n) is 10.5. The number of esters is 1. The van der Waals surface area contributed by atoms with E-state index < -0.39 is 30.4 Å². The highest BCUT2D eigenvalue weighted by atomic mass is 16.5. The number of carbonyl (C=O) groups is 3. The number of nitrogens with one attached hydrogen (secondary N) is 2. The van der Waals surface area contributed by atoms with Crippen molar-refractivity contribution in [3.05, 3.63) is 48.0 Å². The van der Waals surface area contributed by atoms with Crippen LogP contribution in [0.2, 0.25) is 0 Å². The topological polar surface area (TPSA) is 112 Å². The monoisotopic (exact) mass is 458 g/mol. The average molecular weight is 459 g/mol. The van der Waals surface area contributed by atoms with Gasteiger partial charge in [-0.05, 0) is 37.1 Å². The molecule has 0 aliphatic rings. The third-order valence-electron chi connectivity index (χ3n) is 4.62. The van der Waals surface area contributed by atoms with Crippen molar-refractivity contribution in [2.24, 2.45) is 5.92 Å². The van der Waals surface area contributed by atoms with Crippen LogP contribution >= 0.6 is 0 Å². The Balaban J connectivity index is 1.95. The number of benzene rings is 2. The minimum Gasteiger partial charge on any atom is -0.497 e. The predicted molar refractivity (Wildman–Crippen MR) is 123 cm³/mol. The van der Waals surface area contributed by atoms with E-state index in [2.05, 4.69) is 10.6 Å². The van der Waals surface area contributed by atoms with Crippen molar-refractivity contribution < 1.29 is 33.3 Å². The molecule has 0 fully saturated rings. The van der Waals surface area contributed by atoms with E-state index in [-0.39, 0.29) is 5.92 Å². The van der Waals surface area contributed by atoms with Crippen molar-refractivity contribution in [1.82, 2.24) is 5.32 Å². The molecule has 9 nitrogen and oxygen atoms in total. The van der Waals surface area contributed by atoms with Gasteiger partial charge >= 0.3 is 5.97 Å². The molecule has 0 saturated heterocycles. The Hall–Kier alpha value is -3.75.